The van der Waals surface area contributed by atoms with Crippen LogP contribution in [0.3, 0.4) is 0 Å². The molecule has 70 valence electrons. The van der Waals surface area contributed by atoms with Crippen LogP contribution < -0.4 is 5.32 Å². The summed E-state index contributed by atoms with van der Waals surface area (Å²) in [5.41, 5.74) is 0. The zero-order valence-corrected chi connectivity index (χ0v) is 6.45. The fraction of sp³-hybridized carbons (Fsp3) is 0.857. The molecule has 1 aliphatic rings. The highest BCUT2D eigenvalue weighted by Crippen LogP contribution is 2.31. The summed E-state index contributed by atoms with van der Waals surface area (Å²) in [5.74, 6) is -1.29. The molecule has 0 spiro atoms. The Morgan fingerprint density at radius 1 is 1.42 bits per heavy atom. The van der Waals surface area contributed by atoms with E-state index in [0.717, 1.165) is 12.8 Å². The normalized spacial score (nSPS) is 17.6. The molecule has 2 nitrogen and oxygen atoms in total. The molecular formula is C7H10F3NO. The van der Waals surface area contributed by atoms with Gasteiger partial charge in [-0.05, 0) is 12.3 Å². The third-order valence-electron chi connectivity index (χ3n) is 1.79. The highest BCUT2D eigenvalue weighted by molar-refractivity contribution is 5.81. The van der Waals surface area contributed by atoms with Gasteiger partial charge in [-0.1, -0.05) is 12.8 Å². The predicted molar refractivity (Wildman–Crippen MR) is 36.4 cm³/mol. The molecule has 0 bridgehead atoms. The molecule has 0 aliphatic heterocycles. The van der Waals surface area contributed by atoms with E-state index < -0.39 is 12.1 Å². The maximum Gasteiger partial charge on any atom is 0.471 e. The molecule has 1 N–H and O–H groups in total. The van der Waals surface area contributed by atoms with Crippen LogP contribution in [0.25, 0.3) is 0 Å². The summed E-state index contributed by atoms with van der Waals surface area (Å²) in [6.45, 7) is 0.142. The van der Waals surface area contributed by atoms with Gasteiger partial charge < -0.3 is 5.32 Å². The van der Waals surface area contributed by atoms with Crippen molar-refractivity contribution >= 4 is 5.91 Å². The van der Waals surface area contributed by atoms with Crippen molar-refractivity contribution in [3.8, 4) is 0 Å². The van der Waals surface area contributed by atoms with Crippen molar-refractivity contribution in [2.45, 2.75) is 25.4 Å². The molecular weight excluding hydrogens is 171 g/mol. The molecule has 0 unspecified atom stereocenters. The van der Waals surface area contributed by atoms with E-state index in [1.54, 1.807) is 0 Å². The number of nitrogens with one attached hydrogen (secondary N) is 1. The molecule has 12 heavy (non-hydrogen) atoms. The van der Waals surface area contributed by atoms with Crippen molar-refractivity contribution in [1.82, 2.24) is 5.32 Å². The highest BCUT2D eigenvalue weighted by atomic mass is 19.4. The SMILES string of the molecule is O=C(NCCC1CC1)C(F)(F)F. The molecule has 0 saturated heterocycles. The van der Waals surface area contributed by atoms with E-state index in [-0.39, 0.29) is 6.54 Å². The quantitative estimate of drug-likeness (QED) is 0.701. The summed E-state index contributed by atoms with van der Waals surface area (Å²) in [4.78, 5) is 10.2. The van der Waals surface area contributed by atoms with Gasteiger partial charge in [0.15, 0.2) is 0 Å². The molecule has 5 heteroatoms. The topological polar surface area (TPSA) is 29.1 Å². The van der Waals surface area contributed by atoms with E-state index in [4.69, 9.17) is 0 Å². The van der Waals surface area contributed by atoms with Crippen LogP contribution in [0.15, 0.2) is 0 Å². The predicted octanol–water partition coefficient (Wildman–Crippen LogP) is 1.47. The highest BCUT2D eigenvalue weighted by Gasteiger charge is 2.38. The lowest BCUT2D eigenvalue weighted by atomic mass is 10.3. The summed E-state index contributed by atoms with van der Waals surface area (Å²) in [6, 6.07) is 0. The minimum Gasteiger partial charge on any atom is -0.348 e. The number of amides is 1. The lowest BCUT2D eigenvalue weighted by Crippen LogP contribution is -2.37. The lowest BCUT2D eigenvalue weighted by Gasteiger charge is -2.06. The van der Waals surface area contributed by atoms with Crippen molar-refractivity contribution in [2.24, 2.45) is 5.92 Å². The average molecular weight is 181 g/mol. The monoisotopic (exact) mass is 181 g/mol. The fourth-order valence-corrected chi connectivity index (χ4v) is 0.897. The number of hydrogen-bond acceptors (Lipinski definition) is 1. The summed E-state index contributed by atoms with van der Waals surface area (Å²) >= 11 is 0. The molecule has 0 heterocycles. The molecule has 1 saturated carbocycles. The van der Waals surface area contributed by atoms with Crippen molar-refractivity contribution < 1.29 is 18.0 Å². The number of carbonyl (C=O) groups excluding carboxylic acids is 1. The Morgan fingerprint density at radius 2 is 2.00 bits per heavy atom. The Balaban J connectivity index is 2.08. The van der Waals surface area contributed by atoms with Crippen LogP contribution in [0.1, 0.15) is 19.3 Å². The summed E-state index contributed by atoms with van der Waals surface area (Å²) in [5, 5.41) is 1.83. The lowest BCUT2D eigenvalue weighted by molar-refractivity contribution is -0.173. The third kappa shape index (κ3) is 3.11. The van der Waals surface area contributed by atoms with Gasteiger partial charge in [0.2, 0.25) is 0 Å². The first-order valence-corrected chi connectivity index (χ1v) is 3.85. The number of carbonyl (C=O) groups is 1. The van der Waals surface area contributed by atoms with Crippen LogP contribution >= 0.6 is 0 Å². The second-order valence-electron chi connectivity index (χ2n) is 2.99. The van der Waals surface area contributed by atoms with Gasteiger partial charge in [-0.2, -0.15) is 13.2 Å². The van der Waals surface area contributed by atoms with Gasteiger partial charge in [0.1, 0.15) is 0 Å². The van der Waals surface area contributed by atoms with Crippen LogP contribution in [0.2, 0.25) is 0 Å². The Bertz CT molecular complexity index is 174. The van der Waals surface area contributed by atoms with E-state index >= 15 is 0 Å². The molecule has 1 aliphatic carbocycles. The van der Waals surface area contributed by atoms with Crippen molar-refractivity contribution in [3.63, 3.8) is 0 Å². The van der Waals surface area contributed by atoms with Crippen molar-refractivity contribution in [1.29, 1.82) is 0 Å². The van der Waals surface area contributed by atoms with Gasteiger partial charge in [-0.3, -0.25) is 4.79 Å². The Labute approximate surface area is 68.1 Å². The molecule has 0 aromatic rings. The van der Waals surface area contributed by atoms with Crippen LogP contribution in [0, 0.1) is 5.92 Å². The van der Waals surface area contributed by atoms with E-state index in [2.05, 4.69) is 0 Å². The van der Waals surface area contributed by atoms with Crippen LogP contribution in [0.5, 0.6) is 0 Å². The summed E-state index contributed by atoms with van der Waals surface area (Å²) in [7, 11) is 0. The molecule has 0 aromatic carbocycles. The number of halogens is 3. The minimum atomic E-state index is -4.73. The van der Waals surface area contributed by atoms with Crippen LogP contribution in [-0.4, -0.2) is 18.6 Å². The third-order valence-corrected chi connectivity index (χ3v) is 1.79. The van der Waals surface area contributed by atoms with Gasteiger partial charge in [-0.25, -0.2) is 0 Å². The van der Waals surface area contributed by atoms with Gasteiger partial charge >= 0.3 is 12.1 Å². The number of hydrogen-bond donors (Lipinski definition) is 1. The van der Waals surface area contributed by atoms with Crippen molar-refractivity contribution in [3.05, 3.63) is 0 Å². The Hall–Kier alpha value is -0.740. The molecule has 0 atom stereocenters. The first-order valence-electron chi connectivity index (χ1n) is 3.85. The van der Waals surface area contributed by atoms with E-state index in [1.165, 1.54) is 0 Å². The zero-order chi connectivity index (χ0) is 9.19. The molecule has 1 fully saturated rings. The summed E-state index contributed by atoms with van der Waals surface area (Å²) in [6.07, 6.45) is -1.89. The van der Waals surface area contributed by atoms with Gasteiger partial charge in [0.05, 0.1) is 0 Å². The average Bonchev–Trinajstić information content (AvgIpc) is 2.69. The largest absolute Gasteiger partial charge is 0.471 e. The number of rotatable bonds is 3. The Kier molecular flexibility index (Phi) is 2.59. The molecule has 1 rings (SSSR count). The van der Waals surface area contributed by atoms with E-state index in [1.807, 2.05) is 5.32 Å². The van der Waals surface area contributed by atoms with E-state index in [9.17, 15) is 18.0 Å². The van der Waals surface area contributed by atoms with Crippen LogP contribution in [-0.2, 0) is 4.79 Å². The fourth-order valence-electron chi connectivity index (χ4n) is 0.897. The first-order chi connectivity index (χ1) is 5.50. The maximum atomic E-state index is 11.6. The standard InChI is InChI=1S/C7H10F3NO/c8-7(9,10)6(12)11-4-3-5-1-2-5/h5H,1-4H2,(H,11,12). The van der Waals surface area contributed by atoms with E-state index in [0.29, 0.717) is 12.3 Å². The second-order valence-corrected chi connectivity index (χ2v) is 2.99. The van der Waals surface area contributed by atoms with Gasteiger partial charge in [0.25, 0.3) is 0 Å². The van der Waals surface area contributed by atoms with Gasteiger partial charge in [-0.15, -0.1) is 0 Å². The zero-order valence-electron chi connectivity index (χ0n) is 6.45. The second kappa shape index (κ2) is 3.33. The van der Waals surface area contributed by atoms with Crippen LogP contribution in [0.4, 0.5) is 13.2 Å². The van der Waals surface area contributed by atoms with Gasteiger partial charge in [0, 0.05) is 6.54 Å². The molecule has 0 radical (unpaired) electrons. The molecule has 0 aromatic heterocycles. The number of alkyl halides is 3. The minimum absolute atomic E-state index is 0.142. The summed E-state index contributed by atoms with van der Waals surface area (Å²) < 4.78 is 34.7. The van der Waals surface area contributed by atoms with Crippen molar-refractivity contribution in [2.75, 3.05) is 6.54 Å². The smallest absolute Gasteiger partial charge is 0.348 e. The first kappa shape index (κ1) is 9.35. The molecule has 1 amide bonds. The Morgan fingerprint density at radius 3 is 2.42 bits per heavy atom. The maximum absolute atomic E-state index is 11.6.